The van der Waals surface area contributed by atoms with E-state index in [4.69, 9.17) is 10.5 Å². The number of amides is 1. The molecule has 0 saturated carbocycles. The van der Waals surface area contributed by atoms with Crippen LogP contribution in [0.2, 0.25) is 0 Å². The molecule has 0 bridgehead atoms. The summed E-state index contributed by atoms with van der Waals surface area (Å²) in [5, 5.41) is 2.97. The van der Waals surface area contributed by atoms with Crippen molar-refractivity contribution in [3.8, 4) is 5.75 Å². The van der Waals surface area contributed by atoms with Crippen molar-refractivity contribution in [1.82, 2.24) is 5.32 Å². The van der Waals surface area contributed by atoms with Crippen LogP contribution < -0.4 is 15.8 Å². The Hall–Kier alpha value is -1.20. The predicted octanol–water partition coefficient (Wildman–Crippen LogP) is 1.64. The highest BCUT2D eigenvalue weighted by Crippen LogP contribution is 2.23. The van der Waals surface area contributed by atoms with E-state index in [0.717, 1.165) is 16.4 Å². The molecule has 1 aromatic carbocycles. The second-order valence-electron chi connectivity index (χ2n) is 4.22. The molecule has 0 aliphatic heterocycles. The molecule has 1 aromatic rings. The lowest BCUT2D eigenvalue weighted by atomic mass is 9.99. The summed E-state index contributed by atoms with van der Waals surface area (Å²) < 4.78 is 5.10. The fraction of sp³-hybridized carbons (Fsp3) is 0.462. The maximum Gasteiger partial charge on any atom is 0.237 e. The van der Waals surface area contributed by atoms with Crippen LogP contribution >= 0.6 is 11.8 Å². The lowest BCUT2D eigenvalue weighted by Crippen LogP contribution is -2.51. The predicted molar refractivity (Wildman–Crippen MR) is 75.0 cm³/mol. The molecule has 18 heavy (non-hydrogen) atoms. The molecule has 5 heteroatoms. The minimum Gasteiger partial charge on any atom is -0.497 e. The van der Waals surface area contributed by atoms with Crippen molar-refractivity contribution >= 4 is 17.7 Å². The van der Waals surface area contributed by atoms with E-state index in [9.17, 15) is 4.79 Å². The number of primary amides is 1. The highest BCUT2D eigenvalue weighted by atomic mass is 32.2. The van der Waals surface area contributed by atoms with Crippen LogP contribution in [0, 0.1) is 0 Å². The van der Waals surface area contributed by atoms with E-state index in [1.54, 1.807) is 25.9 Å². The zero-order valence-electron chi connectivity index (χ0n) is 11.0. The van der Waals surface area contributed by atoms with Crippen LogP contribution in [0.4, 0.5) is 0 Å². The normalized spacial score (nSPS) is 13.9. The van der Waals surface area contributed by atoms with E-state index in [-0.39, 0.29) is 5.91 Å². The first kappa shape index (κ1) is 14.9. The number of benzene rings is 1. The van der Waals surface area contributed by atoms with E-state index in [0.29, 0.717) is 6.42 Å². The Labute approximate surface area is 112 Å². The molecule has 0 aliphatic carbocycles. The van der Waals surface area contributed by atoms with E-state index in [1.165, 1.54) is 0 Å². The van der Waals surface area contributed by atoms with Gasteiger partial charge in [0.2, 0.25) is 5.91 Å². The summed E-state index contributed by atoms with van der Waals surface area (Å²) in [4.78, 5) is 12.5. The molecule has 1 unspecified atom stereocenters. The maximum absolute atomic E-state index is 11.3. The first-order chi connectivity index (χ1) is 8.51. The third-order valence-corrected chi connectivity index (χ3v) is 4.04. The number of ether oxygens (including phenoxy) is 1. The number of rotatable bonds is 7. The second kappa shape index (κ2) is 6.66. The first-order valence-corrected chi connectivity index (χ1v) is 6.76. The molecule has 4 nitrogen and oxygen atoms in total. The molecule has 0 heterocycles. The Bertz CT molecular complexity index is 394. The average Bonchev–Trinajstić information content (AvgIpc) is 2.39. The summed E-state index contributed by atoms with van der Waals surface area (Å²) >= 11 is 1.70. The second-order valence-corrected chi connectivity index (χ2v) is 5.39. The van der Waals surface area contributed by atoms with Crippen molar-refractivity contribution in [3.05, 3.63) is 24.3 Å². The number of likely N-dealkylation sites (N-methyl/N-ethyl adjacent to an activating group) is 1. The maximum atomic E-state index is 11.3. The number of hydrogen-bond acceptors (Lipinski definition) is 4. The fourth-order valence-electron chi connectivity index (χ4n) is 1.42. The smallest absolute Gasteiger partial charge is 0.237 e. The van der Waals surface area contributed by atoms with Gasteiger partial charge in [0.05, 0.1) is 12.6 Å². The minimum atomic E-state index is -0.639. The number of methoxy groups -OCH3 is 1. The molecule has 3 N–H and O–H groups in total. The highest BCUT2D eigenvalue weighted by Gasteiger charge is 2.28. The van der Waals surface area contributed by atoms with Crippen LogP contribution in [0.15, 0.2) is 29.2 Å². The van der Waals surface area contributed by atoms with E-state index in [1.807, 2.05) is 31.2 Å². The molecule has 0 aromatic heterocycles. The van der Waals surface area contributed by atoms with Gasteiger partial charge in [0.15, 0.2) is 0 Å². The Morgan fingerprint density at radius 2 is 2.06 bits per heavy atom. The Morgan fingerprint density at radius 1 is 1.44 bits per heavy atom. The van der Waals surface area contributed by atoms with Crippen LogP contribution in [0.1, 0.15) is 13.3 Å². The van der Waals surface area contributed by atoms with Gasteiger partial charge in [-0.1, -0.05) is 0 Å². The summed E-state index contributed by atoms with van der Waals surface area (Å²) in [6, 6.07) is 7.86. The number of thioether (sulfide) groups is 1. The number of hydrogen-bond donors (Lipinski definition) is 2. The van der Waals surface area contributed by atoms with Gasteiger partial charge >= 0.3 is 0 Å². The van der Waals surface area contributed by atoms with Crippen molar-refractivity contribution < 1.29 is 9.53 Å². The van der Waals surface area contributed by atoms with Crippen molar-refractivity contribution in [1.29, 1.82) is 0 Å². The van der Waals surface area contributed by atoms with Gasteiger partial charge in [-0.25, -0.2) is 0 Å². The third-order valence-electron chi connectivity index (χ3n) is 3.03. The summed E-state index contributed by atoms with van der Waals surface area (Å²) in [5.74, 6) is 1.35. The molecule has 0 saturated heterocycles. The van der Waals surface area contributed by atoms with Gasteiger partial charge in [-0.15, -0.1) is 11.8 Å². The highest BCUT2D eigenvalue weighted by molar-refractivity contribution is 7.99. The minimum absolute atomic E-state index is 0.319. The van der Waals surface area contributed by atoms with Gasteiger partial charge in [0.1, 0.15) is 5.75 Å². The first-order valence-electron chi connectivity index (χ1n) is 5.77. The van der Waals surface area contributed by atoms with Gasteiger partial charge in [-0.2, -0.15) is 0 Å². The van der Waals surface area contributed by atoms with Crippen molar-refractivity contribution in [3.63, 3.8) is 0 Å². The average molecular weight is 268 g/mol. The molecule has 1 amide bonds. The Balaban J connectivity index is 2.47. The van der Waals surface area contributed by atoms with E-state index >= 15 is 0 Å². The number of nitrogens with two attached hydrogens (primary N) is 1. The lowest BCUT2D eigenvalue weighted by molar-refractivity contribution is -0.123. The van der Waals surface area contributed by atoms with Crippen LogP contribution in [0.3, 0.4) is 0 Å². The Morgan fingerprint density at radius 3 is 2.50 bits per heavy atom. The summed E-state index contributed by atoms with van der Waals surface area (Å²) in [5.41, 5.74) is 4.73. The molecular formula is C13H20N2O2S. The van der Waals surface area contributed by atoms with Gasteiger partial charge < -0.3 is 15.8 Å². The lowest BCUT2D eigenvalue weighted by Gasteiger charge is -2.25. The SMILES string of the molecule is CNC(C)(CCSc1ccc(OC)cc1)C(N)=O. The summed E-state index contributed by atoms with van der Waals surface area (Å²) in [6.45, 7) is 1.82. The molecule has 0 fully saturated rings. The van der Waals surface area contributed by atoms with Gasteiger partial charge in [-0.05, 0) is 44.7 Å². The van der Waals surface area contributed by atoms with E-state index in [2.05, 4.69) is 5.32 Å². The van der Waals surface area contributed by atoms with Crippen molar-refractivity contribution in [2.75, 3.05) is 19.9 Å². The van der Waals surface area contributed by atoms with Gasteiger partial charge in [0.25, 0.3) is 0 Å². The summed E-state index contributed by atoms with van der Waals surface area (Å²) in [6.07, 6.45) is 0.690. The molecule has 1 rings (SSSR count). The van der Waals surface area contributed by atoms with Crippen LogP contribution in [-0.4, -0.2) is 31.4 Å². The standard InChI is InChI=1S/C13H20N2O2S/c1-13(15-2,12(14)16)8-9-18-11-6-4-10(17-3)5-7-11/h4-7,15H,8-9H2,1-3H3,(H2,14,16). The van der Waals surface area contributed by atoms with Crippen LogP contribution in [-0.2, 0) is 4.79 Å². The fourth-order valence-corrected chi connectivity index (χ4v) is 2.49. The zero-order valence-corrected chi connectivity index (χ0v) is 11.8. The van der Waals surface area contributed by atoms with Crippen LogP contribution in [0.25, 0.3) is 0 Å². The van der Waals surface area contributed by atoms with Crippen LogP contribution in [0.5, 0.6) is 5.75 Å². The molecule has 0 radical (unpaired) electrons. The summed E-state index contributed by atoms with van der Waals surface area (Å²) in [7, 11) is 3.40. The molecule has 1 atom stereocenters. The topological polar surface area (TPSA) is 64.3 Å². The van der Waals surface area contributed by atoms with Gasteiger partial charge in [0, 0.05) is 10.6 Å². The van der Waals surface area contributed by atoms with E-state index < -0.39 is 5.54 Å². The van der Waals surface area contributed by atoms with Crippen molar-refractivity contribution in [2.45, 2.75) is 23.8 Å². The number of nitrogens with one attached hydrogen (secondary N) is 1. The zero-order chi connectivity index (χ0) is 13.6. The van der Waals surface area contributed by atoms with Crippen molar-refractivity contribution in [2.24, 2.45) is 5.73 Å². The Kier molecular flexibility index (Phi) is 5.50. The van der Waals surface area contributed by atoms with Gasteiger partial charge in [-0.3, -0.25) is 4.79 Å². The number of carbonyl (C=O) groups excluding carboxylic acids is 1. The molecule has 100 valence electrons. The quantitative estimate of drug-likeness (QED) is 0.738. The molecule has 0 spiro atoms. The molecular weight excluding hydrogens is 248 g/mol. The number of carbonyl (C=O) groups is 1. The largest absolute Gasteiger partial charge is 0.497 e. The molecule has 0 aliphatic rings. The third kappa shape index (κ3) is 3.92. The monoisotopic (exact) mass is 268 g/mol.